The molecule has 0 saturated carbocycles. The van der Waals surface area contributed by atoms with E-state index in [0.29, 0.717) is 0 Å². The number of rotatable bonds is 5. The van der Waals surface area contributed by atoms with Gasteiger partial charge in [-0.15, -0.1) is 0 Å². The largest absolute Gasteiger partial charge is 0.494 e. The highest BCUT2D eigenvalue weighted by Crippen LogP contribution is 2.22. The number of likely N-dealkylation sites (N-methyl/N-ethyl adjacent to an activating group) is 2. The van der Waals surface area contributed by atoms with E-state index in [-0.39, 0.29) is 11.6 Å². The second kappa shape index (κ2) is 5.56. The maximum Gasteiger partial charge on any atom is 0.167 e. The van der Waals surface area contributed by atoms with Crippen LogP contribution in [0.1, 0.15) is 0 Å². The molecule has 84 valence electrons. The molecule has 0 amide bonds. The number of benzene rings is 1. The van der Waals surface area contributed by atoms with E-state index < -0.39 is 0 Å². The predicted octanol–water partition coefficient (Wildman–Crippen LogP) is 1.49. The number of methoxy groups -OCH3 is 1. The summed E-state index contributed by atoms with van der Waals surface area (Å²) in [5, 5.41) is 3.05. The van der Waals surface area contributed by atoms with Crippen LogP contribution in [0.5, 0.6) is 5.75 Å². The van der Waals surface area contributed by atoms with Crippen LogP contribution in [0, 0.1) is 5.82 Å². The van der Waals surface area contributed by atoms with Crippen molar-refractivity contribution in [3.05, 3.63) is 24.0 Å². The van der Waals surface area contributed by atoms with Crippen molar-refractivity contribution in [3.8, 4) is 5.75 Å². The van der Waals surface area contributed by atoms with Crippen molar-refractivity contribution in [1.82, 2.24) is 5.32 Å². The first-order valence-corrected chi connectivity index (χ1v) is 4.88. The Balaban J connectivity index is 2.73. The second-order valence-corrected chi connectivity index (χ2v) is 3.34. The Morgan fingerprint density at radius 2 is 2.20 bits per heavy atom. The molecule has 1 aromatic rings. The van der Waals surface area contributed by atoms with E-state index in [4.69, 9.17) is 4.74 Å². The lowest BCUT2D eigenvalue weighted by Crippen LogP contribution is -2.27. The summed E-state index contributed by atoms with van der Waals surface area (Å²) in [4.78, 5) is 1.99. The zero-order chi connectivity index (χ0) is 11.3. The lowest BCUT2D eigenvalue weighted by Gasteiger charge is -2.19. The van der Waals surface area contributed by atoms with Crippen LogP contribution in [0.4, 0.5) is 10.1 Å². The van der Waals surface area contributed by atoms with Gasteiger partial charge in [-0.05, 0) is 19.2 Å². The van der Waals surface area contributed by atoms with Gasteiger partial charge in [0, 0.05) is 31.9 Å². The van der Waals surface area contributed by atoms with E-state index in [1.54, 1.807) is 6.07 Å². The molecular formula is C11H17FN2O. The van der Waals surface area contributed by atoms with E-state index >= 15 is 0 Å². The molecule has 3 nitrogen and oxygen atoms in total. The molecule has 0 spiro atoms. The maximum absolute atomic E-state index is 13.4. The van der Waals surface area contributed by atoms with Crippen LogP contribution in [0.25, 0.3) is 0 Å². The van der Waals surface area contributed by atoms with Crippen LogP contribution in [-0.2, 0) is 0 Å². The lowest BCUT2D eigenvalue weighted by molar-refractivity contribution is 0.386. The average Bonchev–Trinajstić information content (AvgIpc) is 2.25. The number of hydrogen-bond donors (Lipinski definition) is 1. The van der Waals surface area contributed by atoms with Gasteiger partial charge in [-0.1, -0.05) is 0 Å². The first kappa shape index (κ1) is 11.8. The van der Waals surface area contributed by atoms with E-state index in [1.165, 1.54) is 13.2 Å². The summed E-state index contributed by atoms with van der Waals surface area (Å²) in [5.41, 5.74) is 0.851. The highest BCUT2D eigenvalue weighted by Gasteiger charge is 2.06. The molecule has 0 saturated heterocycles. The number of anilines is 1. The molecule has 0 radical (unpaired) electrons. The summed E-state index contributed by atoms with van der Waals surface area (Å²) in [5.74, 6) is -0.0490. The fourth-order valence-electron chi connectivity index (χ4n) is 1.30. The minimum atomic E-state index is -0.327. The topological polar surface area (TPSA) is 24.5 Å². The molecule has 15 heavy (non-hydrogen) atoms. The van der Waals surface area contributed by atoms with Crippen molar-refractivity contribution < 1.29 is 9.13 Å². The summed E-state index contributed by atoms with van der Waals surface area (Å²) in [6.45, 7) is 1.70. The molecule has 0 aromatic heterocycles. The number of halogens is 1. The van der Waals surface area contributed by atoms with Crippen molar-refractivity contribution in [1.29, 1.82) is 0 Å². The molecule has 0 atom stereocenters. The van der Waals surface area contributed by atoms with E-state index in [1.807, 2.05) is 25.1 Å². The van der Waals surface area contributed by atoms with Crippen LogP contribution < -0.4 is 15.0 Å². The van der Waals surface area contributed by atoms with Crippen LogP contribution in [0.15, 0.2) is 18.2 Å². The van der Waals surface area contributed by atoms with Gasteiger partial charge in [0.1, 0.15) is 0 Å². The first-order chi connectivity index (χ1) is 7.19. The Bertz CT molecular complexity index is 317. The summed E-state index contributed by atoms with van der Waals surface area (Å²) in [7, 11) is 5.28. The summed E-state index contributed by atoms with van der Waals surface area (Å²) in [6.07, 6.45) is 0. The molecule has 0 aliphatic rings. The molecule has 0 unspecified atom stereocenters. The fourth-order valence-corrected chi connectivity index (χ4v) is 1.30. The fraction of sp³-hybridized carbons (Fsp3) is 0.455. The lowest BCUT2D eigenvalue weighted by atomic mass is 10.2. The maximum atomic E-state index is 13.4. The van der Waals surface area contributed by atoms with Crippen molar-refractivity contribution in [2.75, 3.05) is 39.2 Å². The minimum absolute atomic E-state index is 0.278. The van der Waals surface area contributed by atoms with Gasteiger partial charge in [0.2, 0.25) is 0 Å². The molecule has 1 N–H and O–H groups in total. The zero-order valence-electron chi connectivity index (χ0n) is 9.38. The van der Waals surface area contributed by atoms with Gasteiger partial charge in [0.15, 0.2) is 11.6 Å². The third-order valence-corrected chi connectivity index (χ3v) is 2.27. The van der Waals surface area contributed by atoms with Crippen molar-refractivity contribution in [2.24, 2.45) is 0 Å². The standard InChI is InChI=1S/C11H17FN2O/c1-13-6-7-14(2)9-4-5-11(15-3)10(12)8-9/h4-5,8,13H,6-7H2,1-3H3. The molecule has 0 aliphatic heterocycles. The molecule has 1 aromatic carbocycles. The van der Waals surface area contributed by atoms with Gasteiger partial charge >= 0.3 is 0 Å². The number of ether oxygens (including phenoxy) is 1. The second-order valence-electron chi connectivity index (χ2n) is 3.34. The quantitative estimate of drug-likeness (QED) is 0.800. The molecule has 1 rings (SSSR count). The van der Waals surface area contributed by atoms with E-state index in [9.17, 15) is 4.39 Å². The Morgan fingerprint density at radius 3 is 2.73 bits per heavy atom. The zero-order valence-corrected chi connectivity index (χ0v) is 9.38. The normalized spacial score (nSPS) is 10.1. The Kier molecular flexibility index (Phi) is 4.37. The number of hydrogen-bond acceptors (Lipinski definition) is 3. The van der Waals surface area contributed by atoms with Gasteiger partial charge in [0.25, 0.3) is 0 Å². The van der Waals surface area contributed by atoms with Crippen LogP contribution >= 0.6 is 0 Å². The summed E-state index contributed by atoms with van der Waals surface area (Å²) >= 11 is 0. The highest BCUT2D eigenvalue weighted by atomic mass is 19.1. The molecule has 0 heterocycles. The molecular weight excluding hydrogens is 195 g/mol. The number of nitrogens with zero attached hydrogens (tertiary/aromatic N) is 1. The first-order valence-electron chi connectivity index (χ1n) is 4.88. The van der Waals surface area contributed by atoms with Crippen LogP contribution in [-0.4, -0.2) is 34.3 Å². The van der Waals surface area contributed by atoms with Crippen molar-refractivity contribution in [2.45, 2.75) is 0 Å². The summed E-state index contributed by atoms with van der Waals surface area (Å²) < 4.78 is 18.2. The number of nitrogens with one attached hydrogen (secondary N) is 1. The third-order valence-electron chi connectivity index (χ3n) is 2.27. The minimum Gasteiger partial charge on any atom is -0.494 e. The van der Waals surface area contributed by atoms with Crippen LogP contribution in [0.3, 0.4) is 0 Å². The smallest absolute Gasteiger partial charge is 0.167 e. The Hall–Kier alpha value is -1.29. The third kappa shape index (κ3) is 3.09. The molecule has 0 aliphatic carbocycles. The SMILES string of the molecule is CNCCN(C)c1ccc(OC)c(F)c1. The van der Waals surface area contributed by atoms with Gasteiger partial charge < -0.3 is 15.0 Å². The predicted molar refractivity (Wildman–Crippen MR) is 60.1 cm³/mol. The molecule has 4 heteroatoms. The van der Waals surface area contributed by atoms with Gasteiger partial charge in [-0.3, -0.25) is 0 Å². The van der Waals surface area contributed by atoms with Crippen molar-refractivity contribution in [3.63, 3.8) is 0 Å². The molecule has 0 fully saturated rings. The molecule has 0 bridgehead atoms. The highest BCUT2D eigenvalue weighted by molar-refractivity contribution is 5.49. The van der Waals surface area contributed by atoms with Gasteiger partial charge in [0.05, 0.1) is 7.11 Å². The van der Waals surface area contributed by atoms with Gasteiger partial charge in [-0.2, -0.15) is 0 Å². The van der Waals surface area contributed by atoms with E-state index in [0.717, 1.165) is 18.8 Å². The Labute approximate surface area is 89.8 Å². The van der Waals surface area contributed by atoms with Crippen molar-refractivity contribution >= 4 is 5.69 Å². The summed E-state index contributed by atoms with van der Waals surface area (Å²) in [6, 6.07) is 4.96. The average molecular weight is 212 g/mol. The van der Waals surface area contributed by atoms with E-state index in [2.05, 4.69) is 5.32 Å². The van der Waals surface area contributed by atoms with Crippen LogP contribution in [0.2, 0.25) is 0 Å². The van der Waals surface area contributed by atoms with Gasteiger partial charge in [-0.25, -0.2) is 4.39 Å². The monoisotopic (exact) mass is 212 g/mol. The Morgan fingerprint density at radius 1 is 1.47 bits per heavy atom.